The highest BCUT2D eigenvalue weighted by Gasteiger charge is 2.48. The number of amides is 1. The fourth-order valence-corrected chi connectivity index (χ4v) is 5.58. The molecule has 4 rings (SSSR count). The van der Waals surface area contributed by atoms with Gasteiger partial charge in [-0.3, -0.25) is 14.5 Å². The number of thiazole rings is 1. The monoisotopic (exact) mass is 590 g/mol. The highest BCUT2D eigenvalue weighted by Crippen LogP contribution is 2.45. The van der Waals surface area contributed by atoms with Crippen molar-refractivity contribution in [3.05, 3.63) is 88.5 Å². The van der Waals surface area contributed by atoms with Crippen LogP contribution in [-0.4, -0.2) is 47.6 Å². The van der Waals surface area contributed by atoms with E-state index in [-0.39, 0.29) is 27.9 Å². The predicted molar refractivity (Wildman–Crippen MR) is 161 cm³/mol. The fourth-order valence-electron chi connectivity index (χ4n) is 4.59. The number of ether oxygens (including phenoxy) is 3. The summed E-state index contributed by atoms with van der Waals surface area (Å²) in [6, 6.07) is 12.7. The van der Waals surface area contributed by atoms with Gasteiger partial charge in [0.15, 0.2) is 16.6 Å². The number of hydrogen-bond donors (Lipinski definition) is 1. The number of ketones is 1. The molecule has 2 heterocycles. The van der Waals surface area contributed by atoms with E-state index in [9.17, 15) is 19.5 Å². The standard InChI is InChI=1S/C32H34N2O7S/c1-5-8-12-18-40-23-16-15-22(19-24(23)39-7-3)26-25(27(35)21-13-10-9-11-14-21)28(36)30(37)34(26)32-33-20(4)29(42-32)31(38)41-17-6-2/h6,9-11,13-16,19,26,35H,2,5,7-8,12,17-18H2,1,3-4H3. The maximum Gasteiger partial charge on any atom is 0.350 e. The van der Waals surface area contributed by atoms with Crippen LogP contribution in [0.2, 0.25) is 0 Å². The quantitative estimate of drug-likeness (QED) is 0.0608. The number of rotatable bonds is 13. The summed E-state index contributed by atoms with van der Waals surface area (Å²) in [5, 5.41) is 11.5. The minimum Gasteiger partial charge on any atom is -0.507 e. The van der Waals surface area contributed by atoms with Gasteiger partial charge in [-0.15, -0.1) is 0 Å². The van der Waals surface area contributed by atoms with Gasteiger partial charge >= 0.3 is 11.9 Å². The van der Waals surface area contributed by atoms with Gasteiger partial charge in [0.05, 0.1) is 30.5 Å². The first kappa shape index (κ1) is 30.5. The lowest BCUT2D eigenvalue weighted by molar-refractivity contribution is -0.132. The van der Waals surface area contributed by atoms with Gasteiger partial charge in [-0.25, -0.2) is 9.78 Å². The van der Waals surface area contributed by atoms with Crippen LogP contribution in [-0.2, 0) is 14.3 Å². The van der Waals surface area contributed by atoms with E-state index >= 15 is 0 Å². The van der Waals surface area contributed by atoms with E-state index in [0.29, 0.717) is 41.5 Å². The van der Waals surface area contributed by atoms with Crippen molar-refractivity contribution in [1.29, 1.82) is 0 Å². The third-order valence-electron chi connectivity index (χ3n) is 6.59. The lowest BCUT2D eigenvalue weighted by atomic mass is 9.95. The molecule has 0 bridgehead atoms. The highest BCUT2D eigenvalue weighted by molar-refractivity contribution is 7.17. The third kappa shape index (κ3) is 6.38. The van der Waals surface area contributed by atoms with Crippen molar-refractivity contribution in [3.63, 3.8) is 0 Å². The summed E-state index contributed by atoms with van der Waals surface area (Å²) in [6.45, 7) is 10.0. The molecule has 0 spiro atoms. The Morgan fingerprint density at radius 3 is 2.55 bits per heavy atom. The number of aromatic nitrogens is 1. The maximum atomic E-state index is 13.6. The average Bonchev–Trinajstić information content (AvgIpc) is 3.51. The van der Waals surface area contributed by atoms with Crippen LogP contribution in [0.5, 0.6) is 11.5 Å². The molecule has 1 aliphatic rings. The largest absolute Gasteiger partial charge is 0.507 e. The number of anilines is 1. The molecule has 9 nitrogen and oxygen atoms in total. The molecular formula is C32H34N2O7S. The van der Waals surface area contributed by atoms with Crippen molar-refractivity contribution in [3.8, 4) is 11.5 Å². The molecule has 1 aliphatic heterocycles. The van der Waals surface area contributed by atoms with Crippen LogP contribution in [0.3, 0.4) is 0 Å². The SMILES string of the molecule is C=CCOC(=O)c1sc(N2C(=O)C(=O)C(=C(O)c3ccccc3)C2c2ccc(OCCCCC)c(OCC)c2)nc1C. The molecule has 10 heteroatoms. The minimum atomic E-state index is -1.05. The molecule has 1 saturated heterocycles. The van der Waals surface area contributed by atoms with E-state index in [0.717, 1.165) is 30.6 Å². The first-order valence-electron chi connectivity index (χ1n) is 13.8. The molecule has 0 radical (unpaired) electrons. The second kappa shape index (κ2) is 14.0. The Morgan fingerprint density at radius 2 is 1.86 bits per heavy atom. The summed E-state index contributed by atoms with van der Waals surface area (Å²) in [7, 11) is 0. The number of Topliss-reactive ketones (excluding diaryl/α,β-unsaturated/α-hetero) is 1. The number of esters is 1. The Kier molecular flexibility index (Phi) is 10.1. The summed E-state index contributed by atoms with van der Waals surface area (Å²) in [5.41, 5.74) is 1.12. The van der Waals surface area contributed by atoms with E-state index in [1.807, 2.05) is 6.92 Å². The van der Waals surface area contributed by atoms with E-state index in [4.69, 9.17) is 14.2 Å². The number of benzene rings is 2. The predicted octanol–water partition coefficient (Wildman–Crippen LogP) is 6.39. The Hall–Kier alpha value is -4.44. The van der Waals surface area contributed by atoms with Crippen LogP contribution >= 0.6 is 11.3 Å². The summed E-state index contributed by atoms with van der Waals surface area (Å²) in [6.07, 6.45) is 4.43. The Bertz CT molecular complexity index is 1500. The normalized spacial score (nSPS) is 16.0. The number of carbonyl (C=O) groups excluding carboxylic acids is 3. The summed E-state index contributed by atoms with van der Waals surface area (Å²) in [5.74, 6) is -1.71. The molecule has 3 aromatic rings. The molecule has 42 heavy (non-hydrogen) atoms. The van der Waals surface area contributed by atoms with E-state index in [2.05, 4.69) is 18.5 Å². The fraction of sp³-hybridized carbons (Fsp3) is 0.312. The zero-order valence-electron chi connectivity index (χ0n) is 23.9. The first-order chi connectivity index (χ1) is 20.3. The molecule has 0 saturated carbocycles. The van der Waals surface area contributed by atoms with Gasteiger partial charge in [0, 0.05) is 5.56 Å². The molecule has 1 amide bonds. The first-order valence-corrected chi connectivity index (χ1v) is 14.6. The van der Waals surface area contributed by atoms with E-state index in [1.165, 1.54) is 11.0 Å². The van der Waals surface area contributed by atoms with Crippen molar-refractivity contribution in [2.24, 2.45) is 0 Å². The van der Waals surface area contributed by atoms with Crippen molar-refractivity contribution in [2.45, 2.75) is 46.1 Å². The number of carbonyl (C=O) groups is 3. The smallest absolute Gasteiger partial charge is 0.350 e. The van der Waals surface area contributed by atoms with Crippen molar-refractivity contribution in [1.82, 2.24) is 4.98 Å². The second-order valence-electron chi connectivity index (χ2n) is 9.53. The lowest BCUT2D eigenvalue weighted by Gasteiger charge is -2.24. The van der Waals surface area contributed by atoms with Gasteiger partial charge in [0.2, 0.25) is 0 Å². The number of unbranched alkanes of at least 4 members (excludes halogenated alkanes) is 2. The number of aliphatic hydroxyl groups excluding tert-OH is 1. The zero-order chi connectivity index (χ0) is 30.2. The second-order valence-corrected chi connectivity index (χ2v) is 10.5. The highest BCUT2D eigenvalue weighted by atomic mass is 32.1. The number of hydrogen-bond acceptors (Lipinski definition) is 9. The summed E-state index contributed by atoms with van der Waals surface area (Å²) in [4.78, 5) is 45.7. The van der Waals surface area contributed by atoms with Crippen LogP contribution in [0.4, 0.5) is 5.13 Å². The van der Waals surface area contributed by atoms with E-state index in [1.54, 1.807) is 55.5 Å². The molecular weight excluding hydrogens is 556 g/mol. The third-order valence-corrected chi connectivity index (χ3v) is 7.73. The summed E-state index contributed by atoms with van der Waals surface area (Å²) < 4.78 is 17.0. The van der Waals surface area contributed by atoms with Gasteiger partial charge in [0.1, 0.15) is 17.2 Å². The molecule has 1 atom stereocenters. The molecule has 2 aromatic carbocycles. The van der Waals surface area contributed by atoms with Gasteiger partial charge < -0.3 is 19.3 Å². The van der Waals surface area contributed by atoms with Crippen LogP contribution in [0.15, 0.2) is 66.8 Å². The lowest BCUT2D eigenvalue weighted by Crippen LogP contribution is -2.29. The number of aliphatic hydroxyl groups is 1. The van der Waals surface area contributed by atoms with Crippen molar-refractivity contribution in [2.75, 3.05) is 24.7 Å². The Labute approximate surface area is 249 Å². The van der Waals surface area contributed by atoms with Crippen LogP contribution in [0.1, 0.15) is 65.6 Å². The van der Waals surface area contributed by atoms with Crippen molar-refractivity contribution < 1.29 is 33.7 Å². The maximum absolute atomic E-state index is 13.6. The molecule has 220 valence electrons. The number of nitrogens with zero attached hydrogens (tertiary/aromatic N) is 2. The van der Waals surface area contributed by atoms with E-state index < -0.39 is 23.7 Å². The van der Waals surface area contributed by atoms with Crippen LogP contribution in [0, 0.1) is 6.92 Å². The molecule has 1 unspecified atom stereocenters. The summed E-state index contributed by atoms with van der Waals surface area (Å²) >= 11 is 0.935. The topological polar surface area (TPSA) is 115 Å². The minimum absolute atomic E-state index is 0.0141. The molecule has 1 fully saturated rings. The molecule has 0 aliphatic carbocycles. The molecule has 1 aromatic heterocycles. The van der Waals surface area contributed by atoms with Gasteiger partial charge in [-0.2, -0.15) is 0 Å². The zero-order valence-corrected chi connectivity index (χ0v) is 24.7. The molecule has 1 N–H and O–H groups in total. The van der Waals surface area contributed by atoms with Crippen LogP contribution in [0.25, 0.3) is 5.76 Å². The van der Waals surface area contributed by atoms with Crippen molar-refractivity contribution >= 4 is 39.9 Å². The average molecular weight is 591 g/mol. The van der Waals surface area contributed by atoms with Gasteiger partial charge in [-0.1, -0.05) is 80.2 Å². The number of aryl methyl sites for hydroxylation is 1. The van der Waals surface area contributed by atoms with Gasteiger partial charge in [-0.05, 0) is 38.0 Å². The van der Waals surface area contributed by atoms with Crippen LogP contribution < -0.4 is 14.4 Å². The Morgan fingerprint density at radius 1 is 1.10 bits per heavy atom. The van der Waals surface area contributed by atoms with Gasteiger partial charge in [0.25, 0.3) is 5.78 Å². The Balaban J connectivity index is 1.85.